The highest BCUT2D eigenvalue weighted by Gasteiger charge is 2.37. The zero-order valence-corrected chi connectivity index (χ0v) is 11.1. The van der Waals surface area contributed by atoms with Crippen LogP contribution in [-0.2, 0) is 4.79 Å². The second-order valence-corrected chi connectivity index (χ2v) is 4.64. The molecule has 2 rings (SSSR count). The highest BCUT2D eigenvalue weighted by molar-refractivity contribution is 6.52. The number of benzene rings is 1. The van der Waals surface area contributed by atoms with E-state index >= 15 is 0 Å². The van der Waals surface area contributed by atoms with Gasteiger partial charge in [0.1, 0.15) is 5.82 Å². The number of hydrogen-bond acceptors (Lipinski definition) is 3. The fraction of sp³-hybridized carbons (Fsp3) is 0.429. The van der Waals surface area contributed by atoms with Crippen LogP contribution in [0, 0.1) is 12.7 Å². The maximum absolute atomic E-state index is 14.0. The molecule has 0 spiro atoms. The number of anilines is 1. The SMILES string of the molecule is CCNCCCN1C(=O)C(=O)c2cc(C)cc(F)c21. The summed E-state index contributed by atoms with van der Waals surface area (Å²) in [6, 6.07) is 2.92. The molecule has 19 heavy (non-hydrogen) atoms. The monoisotopic (exact) mass is 264 g/mol. The zero-order valence-electron chi connectivity index (χ0n) is 11.1. The lowest BCUT2D eigenvalue weighted by molar-refractivity contribution is -0.114. The molecule has 0 atom stereocenters. The number of nitrogens with one attached hydrogen (secondary N) is 1. The molecule has 0 saturated heterocycles. The molecule has 0 unspecified atom stereocenters. The molecule has 1 heterocycles. The molecule has 5 heteroatoms. The van der Waals surface area contributed by atoms with Gasteiger partial charge < -0.3 is 10.2 Å². The Bertz CT molecular complexity index is 528. The molecule has 1 aromatic carbocycles. The molecular weight excluding hydrogens is 247 g/mol. The number of fused-ring (bicyclic) bond motifs is 1. The predicted octanol–water partition coefficient (Wildman–Crippen LogP) is 1.66. The summed E-state index contributed by atoms with van der Waals surface area (Å²) in [7, 11) is 0. The molecular formula is C14H17FN2O2. The topological polar surface area (TPSA) is 49.4 Å². The van der Waals surface area contributed by atoms with Crippen molar-refractivity contribution in [3.05, 3.63) is 29.1 Å². The summed E-state index contributed by atoms with van der Waals surface area (Å²) >= 11 is 0. The van der Waals surface area contributed by atoms with Crippen LogP contribution in [0.4, 0.5) is 10.1 Å². The van der Waals surface area contributed by atoms with Crippen LogP contribution >= 0.6 is 0 Å². The van der Waals surface area contributed by atoms with Crippen molar-refractivity contribution in [2.24, 2.45) is 0 Å². The number of carbonyl (C=O) groups is 2. The molecule has 0 saturated carbocycles. The number of ketones is 1. The van der Waals surface area contributed by atoms with Gasteiger partial charge >= 0.3 is 0 Å². The molecule has 1 N–H and O–H groups in total. The number of Topliss-reactive ketones (excluding diaryl/α,β-unsaturated/α-hetero) is 1. The van der Waals surface area contributed by atoms with Gasteiger partial charge in [-0.05, 0) is 44.1 Å². The molecule has 102 valence electrons. The second-order valence-electron chi connectivity index (χ2n) is 4.64. The van der Waals surface area contributed by atoms with Crippen molar-refractivity contribution < 1.29 is 14.0 Å². The van der Waals surface area contributed by atoms with Crippen molar-refractivity contribution in [2.45, 2.75) is 20.3 Å². The molecule has 0 radical (unpaired) electrons. The standard InChI is InChI=1S/C14H17FN2O2/c1-3-16-5-4-6-17-12-10(13(18)14(17)19)7-9(2)8-11(12)15/h7-8,16H,3-6H2,1-2H3. The van der Waals surface area contributed by atoms with E-state index in [9.17, 15) is 14.0 Å². The van der Waals surface area contributed by atoms with E-state index in [4.69, 9.17) is 0 Å². The van der Waals surface area contributed by atoms with E-state index < -0.39 is 17.5 Å². The Labute approximate surface area is 111 Å². The van der Waals surface area contributed by atoms with Gasteiger partial charge in [-0.15, -0.1) is 0 Å². The average molecular weight is 264 g/mol. The lowest BCUT2D eigenvalue weighted by Gasteiger charge is -2.17. The van der Waals surface area contributed by atoms with Crippen LogP contribution in [0.5, 0.6) is 0 Å². The third-order valence-electron chi connectivity index (χ3n) is 3.15. The first-order valence-electron chi connectivity index (χ1n) is 6.43. The highest BCUT2D eigenvalue weighted by atomic mass is 19.1. The first-order chi connectivity index (χ1) is 9.06. The Kier molecular flexibility index (Phi) is 3.95. The largest absolute Gasteiger partial charge is 0.317 e. The van der Waals surface area contributed by atoms with Gasteiger partial charge in [0.2, 0.25) is 0 Å². The van der Waals surface area contributed by atoms with Gasteiger partial charge in [0.15, 0.2) is 0 Å². The Morgan fingerprint density at radius 2 is 2.05 bits per heavy atom. The summed E-state index contributed by atoms with van der Waals surface area (Å²) < 4.78 is 14.0. The Hall–Kier alpha value is -1.75. The highest BCUT2D eigenvalue weighted by Crippen LogP contribution is 2.32. The molecule has 0 aliphatic carbocycles. The number of rotatable bonds is 5. The number of halogens is 1. The predicted molar refractivity (Wildman–Crippen MR) is 71.0 cm³/mol. The zero-order chi connectivity index (χ0) is 14.0. The third-order valence-corrected chi connectivity index (χ3v) is 3.15. The molecule has 0 fully saturated rings. The fourth-order valence-corrected chi connectivity index (χ4v) is 2.27. The maximum Gasteiger partial charge on any atom is 0.299 e. The van der Waals surface area contributed by atoms with Gasteiger partial charge in [-0.3, -0.25) is 9.59 Å². The minimum atomic E-state index is -0.629. The summed E-state index contributed by atoms with van der Waals surface area (Å²) in [4.78, 5) is 25.0. The van der Waals surface area contributed by atoms with Crippen molar-refractivity contribution in [1.29, 1.82) is 0 Å². The van der Waals surface area contributed by atoms with Crippen LogP contribution in [0.3, 0.4) is 0 Å². The minimum Gasteiger partial charge on any atom is -0.317 e. The lowest BCUT2D eigenvalue weighted by atomic mass is 10.1. The van der Waals surface area contributed by atoms with Crippen molar-refractivity contribution in [3.8, 4) is 0 Å². The molecule has 1 aliphatic heterocycles. The summed E-state index contributed by atoms with van der Waals surface area (Å²) in [5.41, 5.74) is 0.968. The number of amides is 1. The van der Waals surface area contributed by atoms with Crippen molar-refractivity contribution in [1.82, 2.24) is 5.32 Å². The molecule has 1 amide bonds. The van der Waals surface area contributed by atoms with Gasteiger partial charge in [-0.1, -0.05) is 6.92 Å². The summed E-state index contributed by atoms with van der Waals surface area (Å²) in [5.74, 6) is -1.74. The van der Waals surface area contributed by atoms with Crippen LogP contribution in [0.2, 0.25) is 0 Å². The van der Waals surface area contributed by atoms with Gasteiger partial charge in [0.05, 0.1) is 11.3 Å². The van der Waals surface area contributed by atoms with E-state index in [1.807, 2.05) is 6.92 Å². The maximum atomic E-state index is 14.0. The van der Waals surface area contributed by atoms with Crippen LogP contribution in [0.15, 0.2) is 12.1 Å². The van der Waals surface area contributed by atoms with Gasteiger partial charge in [0.25, 0.3) is 11.7 Å². The minimum absolute atomic E-state index is 0.136. The van der Waals surface area contributed by atoms with Crippen molar-refractivity contribution >= 4 is 17.4 Å². The average Bonchev–Trinajstić information content (AvgIpc) is 2.60. The first-order valence-corrected chi connectivity index (χ1v) is 6.43. The Morgan fingerprint density at radius 3 is 2.74 bits per heavy atom. The molecule has 1 aromatic rings. The quantitative estimate of drug-likeness (QED) is 0.650. The van der Waals surface area contributed by atoms with Crippen LogP contribution in [-0.4, -0.2) is 31.3 Å². The van der Waals surface area contributed by atoms with Gasteiger partial charge in [-0.2, -0.15) is 0 Å². The number of hydrogen-bond donors (Lipinski definition) is 1. The van der Waals surface area contributed by atoms with E-state index in [0.29, 0.717) is 18.5 Å². The van der Waals surface area contributed by atoms with E-state index in [2.05, 4.69) is 5.32 Å². The third kappa shape index (κ3) is 2.51. The van der Waals surface area contributed by atoms with E-state index in [1.165, 1.54) is 11.0 Å². The Morgan fingerprint density at radius 1 is 1.32 bits per heavy atom. The fourth-order valence-electron chi connectivity index (χ4n) is 2.27. The molecule has 4 nitrogen and oxygen atoms in total. The summed E-state index contributed by atoms with van der Waals surface area (Å²) in [5, 5.41) is 3.13. The lowest BCUT2D eigenvalue weighted by Crippen LogP contribution is -2.32. The van der Waals surface area contributed by atoms with Crippen molar-refractivity contribution in [2.75, 3.05) is 24.5 Å². The van der Waals surface area contributed by atoms with E-state index in [0.717, 1.165) is 13.1 Å². The van der Waals surface area contributed by atoms with Crippen LogP contribution < -0.4 is 10.2 Å². The van der Waals surface area contributed by atoms with E-state index in [-0.39, 0.29) is 11.3 Å². The summed E-state index contributed by atoms with van der Waals surface area (Å²) in [6.45, 7) is 5.62. The molecule has 0 bridgehead atoms. The summed E-state index contributed by atoms with van der Waals surface area (Å²) in [6.07, 6.45) is 0.680. The smallest absolute Gasteiger partial charge is 0.299 e. The normalized spacial score (nSPS) is 14.2. The van der Waals surface area contributed by atoms with Gasteiger partial charge in [-0.25, -0.2) is 4.39 Å². The number of carbonyl (C=O) groups excluding carboxylic acids is 2. The molecule has 1 aliphatic rings. The first kappa shape index (κ1) is 13.7. The molecule has 0 aromatic heterocycles. The van der Waals surface area contributed by atoms with Crippen LogP contribution in [0.25, 0.3) is 0 Å². The number of aryl methyl sites for hydroxylation is 1. The van der Waals surface area contributed by atoms with Crippen molar-refractivity contribution in [3.63, 3.8) is 0 Å². The van der Waals surface area contributed by atoms with Gasteiger partial charge in [0, 0.05) is 6.54 Å². The Balaban J connectivity index is 2.23. The van der Waals surface area contributed by atoms with Crippen LogP contribution in [0.1, 0.15) is 29.3 Å². The number of nitrogens with zero attached hydrogens (tertiary/aromatic N) is 1. The van der Waals surface area contributed by atoms with E-state index in [1.54, 1.807) is 13.0 Å². The second kappa shape index (κ2) is 5.48.